The molecule has 2 rings (SSSR count). The van der Waals surface area contributed by atoms with Crippen molar-refractivity contribution in [1.82, 2.24) is 15.3 Å². The molecule has 0 atom stereocenters. The topological polar surface area (TPSA) is 39.9 Å². The van der Waals surface area contributed by atoms with E-state index in [9.17, 15) is 13.2 Å². The summed E-state index contributed by atoms with van der Waals surface area (Å²) in [6.45, 7) is 0.689. The molecule has 0 saturated heterocycles. The average Bonchev–Trinajstić information content (AvgIpc) is 2.47. The first kappa shape index (κ1) is 8.43. The number of nitrogens with zero attached hydrogens (tertiary/aromatic N) is 3. The molecule has 1 aliphatic rings. The van der Waals surface area contributed by atoms with Crippen molar-refractivity contribution in [3.05, 3.63) is 23.3 Å². The van der Waals surface area contributed by atoms with Crippen LogP contribution >= 0.6 is 0 Å². The van der Waals surface area contributed by atoms with Gasteiger partial charge in [0.1, 0.15) is 0 Å². The Morgan fingerprint density at radius 1 is 1.23 bits per heavy atom. The third-order valence-electron chi connectivity index (χ3n) is 1.75. The number of hydrogen-bond donors (Lipinski definition) is 0. The van der Waals surface area contributed by atoms with Crippen molar-refractivity contribution < 1.29 is 13.2 Å². The smallest absolute Gasteiger partial charge is 0.233 e. The van der Waals surface area contributed by atoms with E-state index in [-0.39, 0.29) is 6.54 Å². The van der Waals surface area contributed by atoms with Crippen LogP contribution in [0.4, 0.5) is 13.2 Å². The predicted molar refractivity (Wildman–Crippen MR) is 36.6 cm³/mol. The summed E-state index contributed by atoms with van der Waals surface area (Å²) in [5.41, 5.74) is 1.08. The van der Waals surface area contributed by atoms with E-state index in [4.69, 9.17) is 0 Å². The predicted octanol–water partition coefficient (Wildman–Crippen LogP) is 1.11. The Hall–Kier alpha value is -1.17. The molecular formula is C7H5F3N3. The van der Waals surface area contributed by atoms with E-state index >= 15 is 0 Å². The number of hydrogen-bond acceptors (Lipinski definition) is 2. The summed E-state index contributed by atoms with van der Waals surface area (Å²) >= 11 is 0. The van der Waals surface area contributed by atoms with Gasteiger partial charge in [-0.1, -0.05) is 0 Å². The molecule has 0 saturated carbocycles. The lowest BCUT2D eigenvalue weighted by molar-refractivity contribution is -0.145. The molecule has 0 aromatic carbocycles. The SMILES string of the molecule is FC(F)(F)c1ncc2c(n1)C[N]C2. The third kappa shape index (κ3) is 1.49. The Bertz CT molecular complexity index is 334. The maximum absolute atomic E-state index is 12.1. The molecule has 0 bridgehead atoms. The first-order chi connectivity index (χ1) is 6.07. The van der Waals surface area contributed by atoms with Crippen LogP contribution in [0.1, 0.15) is 17.1 Å². The molecule has 6 heteroatoms. The zero-order valence-electron chi connectivity index (χ0n) is 6.47. The summed E-state index contributed by atoms with van der Waals surface area (Å²) in [7, 11) is 0. The van der Waals surface area contributed by atoms with Gasteiger partial charge in [-0.3, -0.25) is 0 Å². The highest BCUT2D eigenvalue weighted by Crippen LogP contribution is 2.27. The van der Waals surface area contributed by atoms with E-state index in [0.29, 0.717) is 17.8 Å². The van der Waals surface area contributed by atoms with Crippen molar-refractivity contribution in [1.29, 1.82) is 0 Å². The summed E-state index contributed by atoms with van der Waals surface area (Å²) in [6, 6.07) is 0. The molecule has 2 heterocycles. The van der Waals surface area contributed by atoms with E-state index in [1.54, 1.807) is 0 Å². The van der Waals surface area contributed by atoms with Gasteiger partial charge >= 0.3 is 6.18 Å². The maximum Gasteiger partial charge on any atom is 0.451 e. The van der Waals surface area contributed by atoms with E-state index in [1.807, 2.05) is 0 Å². The summed E-state index contributed by atoms with van der Waals surface area (Å²) in [6.07, 6.45) is -3.26. The largest absolute Gasteiger partial charge is 0.451 e. The fraction of sp³-hybridized carbons (Fsp3) is 0.429. The molecular weight excluding hydrogens is 183 g/mol. The van der Waals surface area contributed by atoms with E-state index in [1.165, 1.54) is 6.20 Å². The lowest BCUT2D eigenvalue weighted by Gasteiger charge is -2.04. The van der Waals surface area contributed by atoms with Gasteiger partial charge in [-0.2, -0.15) is 13.2 Å². The van der Waals surface area contributed by atoms with Gasteiger partial charge in [-0.05, 0) is 0 Å². The van der Waals surface area contributed by atoms with Gasteiger partial charge < -0.3 is 0 Å². The molecule has 1 aromatic rings. The minimum absolute atomic E-state index is 0.265. The van der Waals surface area contributed by atoms with Crippen LogP contribution in [-0.4, -0.2) is 9.97 Å². The number of aromatic nitrogens is 2. The summed E-state index contributed by atoms with van der Waals surface area (Å²) in [4.78, 5) is 6.62. The van der Waals surface area contributed by atoms with Crippen LogP contribution in [0.15, 0.2) is 6.20 Å². The van der Waals surface area contributed by atoms with Gasteiger partial charge in [0.25, 0.3) is 0 Å². The Morgan fingerprint density at radius 3 is 2.69 bits per heavy atom. The quantitative estimate of drug-likeness (QED) is 0.611. The molecule has 1 aliphatic heterocycles. The molecule has 3 nitrogen and oxygen atoms in total. The monoisotopic (exact) mass is 188 g/mol. The van der Waals surface area contributed by atoms with Crippen molar-refractivity contribution in [2.75, 3.05) is 0 Å². The Labute approximate surface area is 72.0 Å². The Morgan fingerprint density at radius 2 is 2.00 bits per heavy atom. The van der Waals surface area contributed by atoms with Crippen LogP contribution in [0, 0.1) is 0 Å². The molecule has 1 radical (unpaired) electrons. The highest BCUT2D eigenvalue weighted by molar-refractivity contribution is 5.21. The average molecular weight is 188 g/mol. The van der Waals surface area contributed by atoms with Crippen molar-refractivity contribution in [3.63, 3.8) is 0 Å². The van der Waals surface area contributed by atoms with Gasteiger partial charge in [0.15, 0.2) is 0 Å². The zero-order valence-corrected chi connectivity index (χ0v) is 6.47. The minimum atomic E-state index is -4.46. The molecule has 0 amide bonds. The standard InChI is InChI=1S/C7H5F3N3/c8-7(9,10)6-12-2-4-1-11-3-5(4)13-6/h2H,1,3H2. The van der Waals surface area contributed by atoms with Gasteiger partial charge in [0.05, 0.1) is 12.2 Å². The fourth-order valence-corrected chi connectivity index (χ4v) is 1.13. The van der Waals surface area contributed by atoms with E-state index < -0.39 is 12.0 Å². The second-order valence-electron chi connectivity index (χ2n) is 2.70. The van der Waals surface area contributed by atoms with Crippen LogP contribution < -0.4 is 5.32 Å². The van der Waals surface area contributed by atoms with Gasteiger partial charge in [0.2, 0.25) is 5.82 Å². The highest BCUT2D eigenvalue weighted by Gasteiger charge is 2.35. The Balaban J connectivity index is 2.42. The zero-order chi connectivity index (χ0) is 9.47. The van der Waals surface area contributed by atoms with E-state index in [2.05, 4.69) is 15.3 Å². The minimum Gasteiger partial charge on any atom is -0.233 e. The van der Waals surface area contributed by atoms with Gasteiger partial charge in [0, 0.05) is 18.3 Å². The van der Waals surface area contributed by atoms with Gasteiger partial charge in [-0.25, -0.2) is 15.3 Å². The number of alkyl halides is 3. The molecule has 0 fully saturated rings. The fourth-order valence-electron chi connectivity index (χ4n) is 1.13. The van der Waals surface area contributed by atoms with Crippen LogP contribution in [-0.2, 0) is 19.3 Å². The molecule has 0 N–H and O–H groups in total. The molecule has 13 heavy (non-hydrogen) atoms. The second kappa shape index (κ2) is 2.66. The second-order valence-corrected chi connectivity index (χ2v) is 2.70. The van der Waals surface area contributed by atoms with Crippen molar-refractivity contribution in [2.45, 2.75) is 19.3 Å². The number of fused-ring (bicyclic) bond motifs is 1. The third-order valence-corrected chi connectivity index (χ3v) is 1.75. The molecule has 1 aromatic heterocycles. The molecule has 69 valence electrons. The first-order valence-corrected chi connectivity index (χ1v) is 3.62. The highest BCUT2D eigenvalue weighted by atomic mass is 19.4. The van der Waals surface area contributed by atoms with Crippen LogP contribution in [0.5, 0.6) is 0 Å². The molecule has 0 aliphatic carbocycles. The maximum atomic E-state index is 12.1. The molecule has 0 unspecified atom stereocenters. The lowest BCUT2D eigenvalue weighted by Crippen LogP contribution is -2.12. The summed E-state index contributed by atoms with van der Waals surface area (Å²) in [5, 5.41) is 3.90. The van der Waals surface area contributed by atoms with Crippen LogP contribution in [0.2, 0.25) is 0 Å². The van der Waals surface area contributed by atoms with Crippen LogP contribution in [0.25, 0.3) is 0 Å². The van der Waals surface area contributed by atoms with Crippen LogP contribution in [0.3, 0.4) is 0 Å². The summed E-state index contributed by atoms with van der Waals surface area (Å²) < 4.78 is 36.3. The van der Waals surface area contributed by atoms with Gasteiger partial charge in [-0.15, -0.1) is 0 Å². The van der Waals surface area contributed by atoms with Crippen molar-refractivity contribution in [3.8, 4) is 0 Å². The molecule has 0 spiro atoms. The Kier molecular flexibility index (Phi) is 1.73. The normalized spacial score (nSPS) is 15.9. The summed E-state index contributed by atoms with van der Waals surface area (Å²) in [5.74, 6) is -1.08. The van der Waals surface area contributed by atoms with Crippen molar-refractivity contribution >= 4 is 0 Å². The first-order valence-electron chi connectivity index (χ1n) is 3.62. The van der Waals surface area contributed by atoms with Crippen molar-refractivity contribution in [2.24, 2.45) is 0 Å². The number of rotatable bonds is 0. The van der Waals surface area contributed by atoms with E-state index in [0.717, 1.165) is 0 Å². The number of halogens is 3. The lowest BCUT2D eigenvalue weighted by atomic mass is 10.3.